The Hall–Kier alpha value is -4.26. The second-order valence-electron chi connectivity index (χ2n) is 6.70. The Morgan fingerprint density at radius 3 is 2.40 bits per heavy atom. The Morgan fingerprint density at radius 1 is 0.933 bits per heavy atom. The average Bonchev–Trinajstić information content (AvgIpc) is 2.91. The summed E-state index contributed by atoms with van der Waals surface area (Å²) in [6.07, 6.45) is 2.61. The molecule has 2 aromatic carbocycles. The Bertz CT molecular complexity index is 1120. The van der Waals surface area contributed by atoms with Gasteiger partial charge in [0.2, 0.25) is 0 Å². The normalized spacial score (nSPS) is 15.1. The minimum absolute atomic E-state index is 0.0492. The molecule has 7 heteroatoms. The van der Waals surface area contributed by atoms with Crippen LogP contribution in [0.15, 0.2) is 96.4 Å². The lowest BCUT2D eigenvalue weighted by Crippen LogP contribution is -2.46. The van der Waals surface area contributed by atoms with Gasteiger partial charge in [-0.25, -0.2) is 0 Å². The third-order valence-electron chi connectivity index (χ3n) is 4.61. The molecule has 0 amide bonds. The van der Waals surface area contributed by atoms with Crippen LogP contribution in [-0.2, 0) is 0 Å². The van der Waals surface area contributed by atoms with Crippen molar-refractivity contribution in [2.24, 2.45) is 4.99 Å². The van der Waals surface area contributed by atoms with Crippen LogP contribution >= 0.6 is 0 Å². The van der Waals surface area contributed by atoms with Crippen molar-refractivity contribution in [1.82, 2.24) is 15.6 Å². The molecule has 1 aliphatic heterocycles. The van der Waals surface area contributed by atoms with E-state index in [9.17, 15) is 0 Å². The number of hydrogen-bond acceptors (Lipinski definition) is 5. The van der Waals surface area contributed by atoms with Gasteiger partial charge in [-0.1, -0.05) is 55.1 Å². The highest BCUT2D eigenvalue weighted by molar-refractivity contribution is 6.16. The number of aliphatic imine (C=N–C) groups is 1. The number of hydrogen-bond donors (Lipinski definition) is 5. The smallest absolute Gasteiger partial charge is 0.196 e. The molecule has 1 aromatic heterocycles. The first-order valence-corrected chi connectivity index (χ1v) is 9.41. The third kappa shape index (κ3) is 4.10. The third-order valence-corrected chi connectivity index (χ3v) is 4.61. The highest BCUT2D eigenvalue weighted by Crippen LogP contribution is 2.26. The number of aromatic nitrogens is 1. The van der Waals surface area contributed by atoms with Crippen molar-refractivity contribution >= 4 is 23.2 Å². The number of benzene rings is 2. The summed E-state index contributed by atoms with van der Waals surface area (Å²) >= 11 is 0. The molecule has 1 atom stereocenters. The molecule has 30 heavy (non-hydrogen) atoms. The summed E-state index contributed by atoms with van der Waals surface area (Å²) in [4.78, 5) is 8.82. The van der Waals surface area contributed by atoms with Crippen LogP contribution < -0.4 is 16.0 Å². The van der Waals surface area contributed by atoms with Crippen molar-refractivity contribution in [3.05, 3.63) is 108 Å². The molecule has 2 heterocycles. The molecule has 1 unspecified atom stereocenters. The zero-order valence-corrected chi connectivity index (χ0v) is 16.2. The van der Waals surface area contributed by atoms with Crippen LogP contribution in [0.5, 0.6) is 0 Å². The summed E-state index contributed by atoms with van der Waals surface area (Å²) in [5.41, 5.74) is 4.87. The van der Waals surface area contributed by atoms with E-state index in [1.54, 1.807) is 24.5 Å². The van der Waals surface area contributed by atoms with Gasteiger partial charge in [0, 0.05) is 34.8 Å². The van der Waals surface area contributed by atoms with E-state index in [-0.39, 0.29) is 11.8 Å². The number of nitrogens with one attached hydrogen (secondary N) is 5. The maximum atomic E-state index is 8.28. The molecule has 1 aliphatic rings. The van der Waals surface area contributed by atoms with Crippen LogP contribution in [0.1, 0.15) is 16.7 Å². The Labute approximate surface area is 174 Å². The lowest BCUT2D eigenvalue weighted by molar-refractivity contribution is 0.722. The first-order chi connectivity index (χ1) is 14.6. The molecule has 0 fully saturated rings. The molecular formula is C23H21N7. The fourth-order valence-electron chi connectivity index (χ4n) is 3.15. The molecule has 4 rings (SSSR count). The second kappa shape index (κ2) is 8.40. The number of amidine groups is 1. The van der Waals surface area contributed by atoms with E-state index in [0.717, 1.165) is 22.5 Å². The highest BCUT2D eigenvalue weighted by atomic mass is 15.2. The van der Waals surface area contributed by atoms with Gasteiger partial charge in [-0.3, -0.25) is 20.8 Å². The van der Waals surface area contributed by atoms with Crippen molar-refractivity contribution in [3.8, 4) is 0 Å². The molecule has 0 saturated heterocycles. The maximum absolute atomic E-state index is 8.28. The van der Waals surface area contributed by atoms with Gasteiger partial charge in [-0.15, -0.1) is 0 Å². The molecule has 0 saturated carbocycles. The fourth-order valence-corrected chi connectivity index (χ4v) is 3.15. The van der Waals surface area contributed by atoms with Gasteiger partial charge in [0.05, 0.1) is 11.4 Å². The number of pyridine rings is 1. The van der Waals surface area contributed by atoms with E-state index in [0.29, 0.717) is 11.3 Å². The molecule has 148 valence electrons. The second-order valence-corrected chi connectivity index (χ2v) is 6.70. The Kier molecular flexibility index (Phi) is 5.34. The van der Waals surface area contributed by atoms with E-state index in [4.69, 9.17) is 15.8 Å². The van der Waals surface area contributed by atoms with Crippen LogP contribution in [0.3, 0.4) is 0 Å². The van der Waals surface area contributed by atoms with E-state index in [2.05, 4.69) is 27.5 Å². The molecular weight excluding hydrogens is 374 g/mol. The van der Waals surface area contributed by atoms with Gasteiger partial charge in [0.25, 0.3) is 0 Å². The standard InChI is InChI=1S/C23H21N7/c1-15-22(30-23(25)29-21(24)17-11-13-26-14-12-17)28-20(16-7-3-2-4-8-16)18-9-5-6-10-19(18)27-15/h2-14,22,27H,1H2,(H4,24,25,29,30). The number of anilines is 1. The van der Waals surface area contributed by atoms with Gasteiger partial charge < -0.3 is 16.0 Å². The number of fused-ring (bicyclic) bond motifs is 1. The van der Waals surface area contributed by atoms with Crippen molar-refractivity contribution in [2.75, 3.05) is 5.32 Å². The number of benzodiazepines with no additional fused rings is 1. The van der Waals surface area contributed by atoms with Crippen LogP contribution in [0.4, 0.5) is 5.69 Å². The van der Waals surface area contributed by atoms with Gasteiger partial charge in [0.15, 0.2) is 12.1 Å². The Balaban J connectivity index is 1.61. The minimum atomic E-state index is -0.599. The summed E-state index contributed by atoms with van der Waals surface area (Å²) in [6, 6.07) is 21.2. The largest absolute Gasteiger partial charge is 0.356 e. The summed E-state index contributed by atoms with van der Waals surface area (Å²) < 4.78 is 0. The van der Waals surface area contributed by atoms with Crippen LogP contribution in [-0.4, -0.2) is 28.7 Å². The van der Waals surface area contributed by atoms with Gasteiger partial charge in [-0.2, -0.15) is 0 Å². The number of para-hydroxylation sites is 1. The SMILES string of the molecule is C=C1Nc2ccccc2C(c2ccccc2)=NC1NC(=N)NC(=N)c1ccncc1. The predicted octanol–water partition coefficient (Wildman–Crippen LogP) is 3.32. The van der Waals surface area contributed by atoms with Gasteiger partial charge in [0.1, 0.15) is 5.84 Å². The minimum Gasteiger partial charge on any atom is -0.356 e. The lowest BCUT2D eigenvalue weighted by atomic mass is 10.0. The molecule has 7 nitrogen and oxygen atoms in total. The number of nitrogens with zero attached hydrogens (tertiary/aromatic N) is 2. The fraction of sp³-hybridized carbons (Fsp3) is 0.0435. The maximum Gasteiger partial charge on any atom is 0.196 e. The van der Waals surface area contributed by atoms with Crippen LogP contribution in [0.25, 0.3) is 0 Å². The summed E-state index contributed by atoms with van der Waals surface area (Å²) in [5.74, 6) is 0.0459. The summed E-state index contributed by atoms with van der Waals surface area (Å²) in [6.45, 7) is 4.11. The van der Waals surface area contributed by atoms with Gasteiger partial charge in [-0.05, 0) is 18.2 Å². The number of guanidine groups is 1. The zero-order chi connectivity index (χ0) is 20.9. The topological polar surface area (TPSA) is 109 Å². The van der Waals surface area contributed by atoms with E-state index in [1.165, 1.54) is 0 Å². The van der Waals surface area contributed by atoms with Gasteiger partial charge >= 0.3 is 0 Å². The van der Waals surface area contributed by atoms with Crippen molar-refractivity contribution < 1.29 is 0 Å². The lowest BCUT2D eigenvalue weighted by Gasteiger charge is -2.19. The van der Waals surface area contributed by atoms with Crippen LogP contribution in [0.2, 0.25) is 0 Å². The van der Waals surface area contributed by atoms with Crippen molar-refractivity contribution in [3.63, 3.8) is 0 Å². The predicted molar refractivity (Wildman–Crippen MR) is 120 cm³/mol. The Morgan fingerprint density at radius 2 is 1.63 bits per heavy atom. The highest BCUT2D eigenvalue weighted by Gasteiger charge is 2.22. The molecule has 0 spiro atoms. The number of rotatable bonds is 3. The van der Waals surface area contributed by atoms with Crippen molar-refractivity contribution in [1.29, 1.82) is 10.8 Å². The molecule has 0 radical (unpaired) electrons. The quantitative estimate of drug-likeness (QED) is 0.346. The van der Waals surface area contributed by atoms with Crippen molar-refractivity contribution in [2.45, 2.75) is 6.17 Å². The zero-order valence-electron chi connectivity index (χ0n) is 16.2. The van der Waals surface area contributed by atoms with E-state index in [1.807, 2.05) is 54.6 Å². The van der Waals surface area contributed by atoms with E-state index < -0.39 is 6.17 Å². The first-order valence-electron chi connectivity index (χ1n) is 9.41. The molecule has 5 N–H and O–H groups in total. The van der Waals surface area contributed by atoms with Crippen LogP contribution in [0, 0.1) is 10.8 Å². The monoisotopic (exact) mass is 395 g/mol. The average molecular weight is 395 g/mol. The molecule has 0 bridgehead atoms. The first kappa shape index (κ1) is 19.1. The van der Waals surface area contributed by atoms with E-state index >= 15 is 0 Å². The summed E-state index contributed by atoms with van der Waals surface area (Å²) in [5, 5.41) is 25.5. The molecule has 3 aromatic rings. The summed E-state index contributed by atoms with van der Waals surface area (Å²) in [7, 11) is 0. The molecule has 0 aliphatic carbocycles.